The molecular formula is C12H17N3O2. The molecule has 2 rings (SSSR count). The van der Waals surface area contributed by atoms with Crippen LogP contribution in [0.1, 0.15) is 26.2 Å². The standard InChI is InChI=1S/C12H17N3O2/c1-3-13-9(2)4-5-11-14-12(15-17-11)10-6-7-16-8-10/h6-9,13H,3-5H2,1-2H3. The predicted octanol–water partition coefficient (Wildman–Crippen LogP) is 2.26. The van der Waals surface area contributed by atoms with Gasteiger partial charge in [0.25, 0.3) is 0 Å². The zero-order valence-electron chi connectivity index (χ0n) is 10.1. The minimum atomic E-state index is 0.462. The molecule has 92 valence electrons. The van der Waals surface area contributed by atoms with Crippen LogP contribution in [0.4, 0.5) is 0 Å². The van der Waals surface area contributed by atoms with E-state index in [4.69, 9.17) is 8.94 Å². The van der Waals surface area contributed by atoms with Gasteiger partial charge in [-0.1, -0.05) is 12.1 Å². The molecule has 0 spiro atoms. The zero-order chi connectivity index (χ0) is 12.1. The second-order valence-electron chi connectivity index (χ2n) is 4.02. The van der Waals surface area contributed by atoms with Gasteiger partial charge < -0.3 is 14.3 Å². The number of furan rings is 1. The minimum absolute atomic E-state index is 0.462. The summed E-state index contributed by atoms with van der Waals surface area (Å²) in [7, 11) is 0. The topological polar surface area (TPSA) is 64.1 Å². The van der Waals surface area contributed by atoms with Gasteiger partial charge in [0.15, 0.2) is 0 Å². The van der Waals surface area contributed by atoms with E-state index in [9.17, 15) is 0 Å². The Morgan fingerprint density at radius 1 is 1.47 bits per heavy atom. The fraction of sp³-hybridized carbons (Fsp3) is 0.500. The van der Waals surface area contributed by atoms with Gasteiger partial charge in [-0.2, -0.15) is 4.98 Å². The van der Waals surface area contributed by atoms with E-state index in [-0.39, 0.29) is 0 Å². The number of rotatable bonds is 6. The van der Waals surface area contributed by atoms with E-state index in [2.05, 4.69) is 29.3 Å². The van der Waals surface area contributed by atoms with Crippen LogP contribution in [0.15, 0.2) is 27.5 Å². The lowest BCUT2D eigenvalue weighted by atomic mass is 10.2. The molecule has 2 aromatic heterocycles. The summed E-state index contributed by atoms with van der Waals surface area (Å²) in [6.45, 7) is 5.22. The molecule has 5 heteroatoms. The van der Waals surface area contributed by atoms with E-state index in [0.29, 0.717) is 17.8 Å². The summed E-state index contributed by atoms with van der Waals surface area (Å²) in [4.78, 5) is 4.32. The lowest BCUT2D eigenvalue weighted by molar-refractivity contribution is 0.368. The maximum Gasteiger partial charge on any atom is 0.227 e. The van der Waals surface area contributed by atoms with Crippen LogP contribution in [0.5, 0.6) is 0 Å². The predicted molar refractivity (Wildman–Crippen MR) is 63.5 cm³/mol. The number of nitrogens with zero attached hydrogens (tertiary/aromatic N) is 2. The Bertz CT molecular complexity index is 436. The molecule has 2 aromatic rings. The molecule has 2 heterocycles. The Hall–Kier alpha value is -1.62. The van der Waals surface area contributed by atoms with Crippen molar-refractivity contribution in [1.29, 1.82) is 0 Å². The highest BCUT2D eigenvalue weighted by molar-refractivity contribution is 5.51. The van der Waals surface area contributed by atoms with Crippen LogP contribution in [-0.2, 0) is 6.42 Å². The van der Waals surface area contributed by atoms with Gasteiger partial charge in [0.1, 0.15) is 6.26 Å². The quantitative estimate of drug-likeness (QED) is 0.832. The summed E-state index contributed by atoms with van der Waals surface area (Å²) in [6, 6.07) is 2.28. The van der Waals surface area contributed by atoms with Crippen molar-refractivity contribution < 1.29 is 8.94 Å². The van der Waals surface area contributed by atoms with Crippen LogP contribution in [0.3, 0.4) is 0 Å². The van der Waals surface area contributed by atoms with E-state index in [1.165, 1.54) is 0 Å². The van der Waals surface area contributed by atoms with Crippen LogP contribution in [-0.4, -0.2) is 22.7 Å². The van der Waals surface area contributed by atoms with Crippen molar-refractivity contribution in [3.05, 3.63) is 24.5 Å². The minimum Gasteiger partial charge on any atom is -0.472 e. The summed E-state index contributed by atoms with van der Waals surface area (Å²) in [5.74, 6) is 1.26. The van der Waals surface area contributed by atoms with Crippen molar-refractivity contribution in [3.8, 4) is 11.4 Å². The first-order valence-electron chi connectivity index (χ1n) is 5.88. The van der Waals surface area contributed by atoms with Crippen molar-refractivity contribution in [1.82, 2.24) is 15.5 Å². The molecule has 0 bridgehead atoms. The lowest BCUT2D eigenvalue weighted by Gasteiger charge is -2.09. The molecule has 17 heavy (non-hydrogen) atoms. The molecule has 0 saturated carbocycles. The first-order valence-corrected chi connectivity index (χ1v) is 5.88. The third-order valence-electron chi connectivity index (χ3n) is 2.59. The Morgan fingerprint density at radius 3 is 3.06 bits per heavy atom. The van der Waals surface area contributed by atoms with Gasteiger partial charge in [0, 0.05) is 12.5 Å². The Balaban J connectivity index is 1.91. The van der Waals surface area contributed by atoms with Gasteiger partial charge in [-0.3, -0.25) is 0 Å². The smallest absolute Gasteiger partial charge is 0.227 e. The number of hydrogen-bond acceptors (Lipinski definition) is 5. The van der Waals surface area contributed by atoms with Crippen LogP contribution in [0, 0.1) is 0 Å². The van der Waals surface area contributed by atoms with Crippen LogP contribution < -0.4 is 5.32 Å². The fourth-order valence-electron chi connectivity index (χ4n) is 1.66. The first-order chi connectivity index (χ1) is 8.29. The molecule has 0 amide bonds. The summed E-state index contributed by atoms with van der Waals surface area (Å²) < 4.78 is 10.2. The first kappa shape index (κ1) is 11.9. The molecule has 0 aliphatic heterocycles. The average molecular weight is 235 g/mol. The molecule has 0 radical (unpaired) electrons. The zero-order valence-corrected chi connectivity index (χ0v) is 10.1. The van der Waals surface area contributed by atoms with Crippen LogP contribution in [0.25, 0.3) is 11.4 Å². The number of aromatic nitrogens is 2. The van der Waals surface area contributed by atoms with Crippen LogP contribution in [0.2, 0.25) is 0 Å². The Kier molecular flexibility index (Phi) is 3.93. The van der Waals surface area contributed by atoms with Gasteiger partial charge in [0.2, 0.25) is 11.7 Å². The number of nitrogens with one attached hydrogen (secondary N) is 1. The third-order valence-corrected chi connectivity index (χ3v) is 2.59. The monoisotopic (exact) mass is 235 g/mol. The normalized spacial score (nSPS) is 12.8. The average Bonchev–Trinajstić information content (AvgIpc) is 2.97. The molecule has 0 aromatic carbocycles. The van der Waals surface area contributed by atoms with E-state index in [1.807, 2.05) is 6.07 Å². The summed E-state index contributed by atoms with van der Waals surface area (Å²) in [5, 5.41) is 7.26. The maximum absolute atomic E-state index is 5.19. The highest BCUT2D eigenvalue weighted by Crippen LogP contribution is 2.16. The molecule has 1 N–H and O–H groups in total. The van der Waals surface area contributed by atoms with E-state index >= 15 is 0 Å². The molecule has 0 aliphatic carbocycles. The number of hydrogen-bond donors (Lipinski definition) is 1. The molecular weight excluding hydrogens is 218 g/mol. The van der Waals surface area contributed by atoms with Gasteiger partial charge in [0.05, 0.1) is 11.8 Å². The van der Waals surface area contributed by atoms with Crippen molar-refractivity contribution >= 4 is 0 Å². The SMILES string of the molecule is CCNC(C)CCc1nc(-c2ccoc2)no1. The highest BCUT2D eigenvalue weighted by Gasteiger charge is 2.10. The summed E-state index contributed by atoms with van der Waals surface area (Å²) in [6.07, 6.45) is 4.98. The van der Waals surface area contributed by atoms with Crippen molar-refractivity contribution in [2.75, 3.05) is 6.54 Å². The number of aryl methyl sites for hydroxylation is 1. The van der Waals surface area contributed by atoms with Gasteiger partial charge in [-0.15, -0.1) is 0 Å². The second kappa shape index (κ2) is 5.63. The van der Waals surface area contributed by atoms with Gasteiger partial charge in [-0.05, 0) is 26.0 Å². The molecule has 0 fully saturated rings. The van der Waals surface area contributed by atoms with Crippen molar-refractivity contribution in [2.24, 2.45) is 0 Å². The second-order valence-corrected chi connectivity index (χ2v) is 4.02. The fourth-order valence-corrected chi connectivity index (χ4v) is 1.66. The Labute approximate surface area is 100 Å². The largest absolute Gasteiger partial charge is 0.472 e. The molecule has 1 unspecified atom stereocenters. The van der Waals surface area contributed by atoms with Crippen molar-refractivity contribution in [3.63, 3.8) is 0 Å². The summed E-state index contributed by atoms with van der Waals surface area (Å²) >= 11 is 0. The third kappa shape index (κ3) is 3.17. The van der Waals surface area contributed by atoms with E-state index in [1.54, 1.807) is 12.5 Å². The Morgan fingerprint density at radius 2 is 2.35 bits per heavy atom. The lowest BCUT2D eigenvalue weighted by Crippen LogP contribution is -2.25. The molecule has 1 atom stereocenters. The highest BCUT2D eigenvalue weighted by atomic mass is 16.5. The maximum atomic E-state index is 5.19. The van der Waals surface area contributed by atoms with Gasteiger partial charge >= 0.3 is 0 Å². The van der Waals surface area contributed by atoms with Gasteiger partial charge in [-0.25, -0.2) is 0 Å². The molecule has 0 aliphatic rings. The molecule has 0 saturated heterocycles. The van der Waals surface area contributed by atoms with Crippen LogP contribution >= 0.6 is 0 Å². The van der Waals surface area contributed by atoms with E-state index in [0.717, 1.165) is 24.9 Å². The van der Waals surface area contributed by atoms with E-state index < -0.39 is 0 Å². The summed E-state index contributed by atoms with van der Waals surface area (Å²) in [5.41, 5.74) is 0.847. The van der Waals surface area contributed by atoms with Crippen molar-refractivity contribution in [2.45, 2.75) is 32.7 Å². The molecule has 5 nitrogen and oxygen atoms in total.